The van der Waals surface area contributed by atoms with Crippen molar-refractivity contribution in [2.24, 2.45) is 0 Å². The van der Waals surface area contributed by atoms with Gasteiger partial charge < -0.3 is 30.0 Å². The number of nitrogens with zero attached hydrogens (tertiary/aromatic N) is 11. The number of hydrogen-bond donors (Lipinski definition) is 5. The largest absolute Gasteiger partial charge is 0.507 e. The molecule has 326 valence electrons. The van der Waals surface area contributed by atoms with Crippen molar-refractivity contribution >= 4 is 53.6 Å². The predicted octanol–water partition coefficient (Wildman–Crippen LogP) is 7.89. The van der Waals surface area contributed by atoms with Crippen molar-refractivity contribution in [2.75, 3.05) is 50.1 Å². The van der Waals surface area contributed by atoms with Crippen molar-refractivity contribution in [3.63, 3.8) is 0 Å². The van der Waals surface area contributed by atoms with Gasteiger partial charge in [-0.1, -0.05) is 60.5 Å². The number of aromatic amines is 2. The van der Waals surface area contributed by atoms with Crippen LogP contribution in [0.5, 0.6) is 11.5 Å². The SMILES string of the molecule is CN(c1nc2nnc(-c3ccc(-c4cn[nH]c4)cc3O)cc2s1)C1CCN(CCO)CC1.CN(c1nc2nnc(-c3ccc(-c4cn[nH]c4F)cc3O)cc2s1)C1CCCCCC1. The van der Waals surface area contributed by atoms with Gasteiger partial charge in [0.15, 0.2) is 21.6 Å². The summed E-state index contributed by atoms with van der Waals surface area (Å²) in [5.74, 6) is -0.385. The number of aliphatic hydroxyl groups excluding tert-OH is 1. The molecule has 19 heteroatoms. The van der Waals surface area contributed by atoms with Gasteiger partial charge in [-0.25, -0.2) is 0 Å². The summed E-state index contributed by atoms with van der Waals surface area (Å²) in [5.41, 5.74) is 6.18. The summed E-state index contributed by atoms with van der Waals surface area (Å²) >= 11 is 3.18. The van der Waals surface area contributed by atoms with Crippen LogP contribution in [0, 0.1) is 5.95 Å². The van der Waals surface area contributed by atoms with Crippen molar-refractivity contribution in [2.45, 2.75) is 63.5 Å². The van der Waals surface area contributed by atoms with E-state index >= 15 is 0 Å². The normalized spacial score (nSPS) is 15.4. The Hall–Kier alpha value is -6.15. The van der Waals surface area contributed by atoms with Crippen LogP contribution in [-0.4, -0.2) is 123 Å². The molecular formula is C44H48FN13O3S2. The van der Waals surface area contributed by atoms with Gasteiger partial charge in [0.25, 0.3) is 0 Å². The number of phenols is 2. The Kier molecular flexibility index (Phi) is 12.5. The molecule has 0 unspecified atom stereocenters. The van der Waals surface area contributed by atoms with Crippen LogP contribution in [0.1, 0.15) is 51.4 Å². The van der Waals surface area contributed by atoms with E-state index in [1.54, 1.807) is 53.3 Å². The summed E-state index contributed by atoms with van der Waals surface area (Å²) in [4.78, 5) is 16.2. The van der Waals surface area contributed by atoms with Crippen LogP contribution in [-0.2, 0) is 0 Å². The molecule has 1 aliphatic carbocycles. The summed E-state index contributed by atoms with van der Waals surface area (Å²) in [6, 6.07) is 15.2. The second-order valence-corrected chi connectivity index (χ2v) is 18.1. The van der Waals surface area contributed by atoms with Gasteiger partial charge in [0.1, 0.15) is 11.5 Å². The van der Waals surface area contributed by atoms with E-state index in [0.717, 1.165) is 63.3 Å². The highest BCUT2D eigenvalue weighted by Gasteiger charge is 2.25. The number of thiazole rings is 2. The number of hydrogen-bond acceptors (Lipinski definition) is 16. The first-order chi connectivity index (χ1) is 30.7. The highest BCUT2D eigenvalue weighted by atomic mass is 32.1. The van der Waals surface area contributed by atoms with Crippen molar-refractivity contribution in [1.82, 2.24) is 55.7 Å². The number of rotatable bonds is 10. The second kappa shape index (κ2) is 18.7. The molecule has 2 fully saturated rings. The van der Waals surface area contributed by atoms with Gasteiger partial charge >= 0.3 is 0 Å². The summed E-state index contributed by atoms with van der Waals surface area (Å²) in [5, 5.41) is 62.0. The van der Waals surface area contributed by atoms with E-state index in [9.17, 15) is 14.6 Å². The van der Waals surface area contributed by atoms with Gasteiger partial charge in [-0.05, 0) is 73.2 Å². The Morgan fingerprint density at radius 2 is 1.25 bits per heavy atom. The number of β-amino-alcohol motifs (C(OH)–C–C–N with tert-alkyl or cyclic N) is 1. The zero-order valence-corrected chi connectivity index (χ0v) is 36.6. The molecule has 1 saturated heterocycles. The molecule has 0 bridgehead atoms. The maximum Gasteiger partial charge on any atom is 0.216 e. The van der Waals surface area contributed by atoms with Crippen LogP contribution >= 0.6 is 22.7 Å². The molecule has 0 amide bonds. The highest BCUT2D eigenvalue weighted by molar-refractivity contribution is 7.22. The van der Waals surface area contributed by atoms with E-state index in [4.69, 9.17) is 10.1 Å². The Bertz CT molecular complexity index is 2800. The minimum atomic E-state index is -0.539. The molecule has 1 aliphatic heterocycles. The lowest BCUT2D eigenvalue weighted by Crippen LogP contribution is -2.44. The number of phenolic OH excluding ortho intramolecular Hbond substituents is 2. The fourth-order valence-corrected chi connectivity index (χ4v) is 10.3. The third-order valence-corrected chi connectivity index (χ3v) is 14.2. The quantitative estimate of drug-likeness (QED) is 0.0829. The molecule has 0 spiro atoms. The predicted molar refractivity (Wildman–Crippen MR) is 245 cm³/mol. The maximum absolute atomic E-state index is 13.8. The molecule has 0 radical (unpaired) electrons. The topological polar surface area (TPSA) is 205 Å². The molecule has 6 aromatic heterocycles. The Morgan fingerprint density at radius 3 is 1.78 bits per heavy atom. The van der Waals surface area contributed by atoms with Crippen molar-refractivity contribution in [3.8, 4) is 56.3 Å². The fraction of sp³-hybridized carbons (Fsp3) is 0.364. The number of H-pyrrole nitrogens is 2. The first-order valence-electron chi connectivity index (χ1n) is 21.1. The zero-order chi connectivity index (χ0) is 43.5. The van der Waals surface area contributed by atoms with Crippen molar-refractivity contribution in [3.05, 3.63) is 73.1 Å². The lowest BCUT2D eigenvalue weighted by Gasteiger charge is -2.36. The monoisotopic (exact) mass is 889 g/mol. The number of aliphatic hydroxyl groups is 1. The fourth-order valence-electron chi connectivity index (χ4n) is 8.38. The number of benzene rings is 2. The number of aromatic nitrogens is 10. The van der Waals surface area contributed by atoms with Crippen LogP contribution in [0.3, 0.4) is 0 Å². The van der Waals surface area contributed by atoms with E-state index in [0.29, 0.717) is 57.0 Å². The minimum Gasteiger partial charge on any atom is -0.507 e. The van der Waals surface area contributed by atoms with E-state index in [1.165, 1.54) is 50.8 Å². The maximum atomic E-state index is 13.8. The molecule has 2 aromatic carbocycles. The van der Waals surface area contributed by atoms with Gasteiger partial charge in [-0.15, -0.1) is 20.4 Å². The van der Waals surface area contributed by atoms with Crippen LogP contribution in [0.2, 0.25) is 0 Å². The Morgan fingerprint density at radius 1 is 0.683 bits per heavy atom. The first-order valence-corrected chi connectivity index (χ1v) is 22.8. The molecule has 2 aliphatic rings. The van der Waals surface area contributed by atoms with Crippen LogP contribution in [0.25, 0.3) is 65.5 Å². The minimum absolute atomic E-state index is 0.00654. The van der Waals surface area contributed by atoms with E-state index < -0.39 is 5.95 Å². The number of anilines is 2. The Balaban J connectivity index is 0.000000160. The molecule has 5 N–H and O–H groups in total. The van der Waals surface area contributed by atoms with E-state index in [-0.39, 0.29) is 18.1 Å². The average molecular weight is 890 g/mol. The molecule has 1 saturated carbocycles. The summed E-state index contributed by atoms with van der Waals surface area (Å²) in [7, 11) is 4.19. The Labute approximate surface area is 370 Å². The number of nitrogens with one attached hydrogen (secondary N) is 2. The molecule has 8 aromatic rings. The van der Waals surface area contributed by atoms with Gasteiger partial charge in [0.05, 0.1) is 45.4 Å². The van der Waals surface area contributed by atoms with Gasteiger partial charge in [0.2, 0.25) is 5.95 Å². The summed E-state index contributed by atoms with van der Waals surface area (Å²) in [6.07, 6.45) is 14.5. The molecule has 10 rings (SSSR count). The van der Waals surface area contributed by atoms with Crippen molar-refractivity contribution in [1.29, 1.82) is 0 Å². The smallest absolute Gasteiger partial charge is 0.216 e. The van der Waals surface area contributed by atoms with Gasteiger partial charge in [-0.3, -0.25) is 10.2 Å². The number of halogens is 1. The second-order valence-electron chi connectivity index (χ2n) is 16.0. The number of likely N-dealkylation sites (tertiary alicyclic amines) is 1. The third-order valence-electron chi connectivity index (χ3n) is 12.1. The molecule has 16 nitrogen and oxygen atoms in total. The van der Waals surface area contributed by atoms with E-state index in [2.05, 4.69) is 74.6 Å². The van der Waals surface area contributed by atoms with Crippen LogP contribution in [0.4, 0.5) is 14.7 Å². The zero-order valence-electron chi connectivity index (χ0n) is 34.9. The number of fused-ring (bicyclic) bond motifs is 2. The van der Waals surface area contributed by atoms with Gasteiger partial charge in [0, 0.05) is 68.7 Å². The van der Waals surface area contributed by atoms with Gasteiger partial charge in [-0.2, -0.15) is 24.6 Å². The standard InChI is InChI=1S/C22H23FN6OS.C22H25N7O2S/c1-29(14-6-4-2-3-5-7-14)22-25-21-19(31-22)11-17(26-28-21)15-9-8-13(10-18(15)30)16-12-24-27-20(16)23;1-28(16-4-6-29(7-5-16)8-9-30)22-25-21-20(32-22)11-18(26-27-21)17-3-2-14(10-19(17)31)15-12-23-24-13-15/h8-12,14,30H,2-7H2,1H3,(H,24,27);2-3,10-13,16,30-31H,4-9H2,1H3,(H,23,24). The van der Waals surface area contributed by atoms with Crippen molar-refractivity contribution < 1.29 is 19.7 Å². The molecule has 7 heterocycles. The number of piperidine rings is 1. The third kappa shape index (κ3) is 9.18. The summed E-state index contributed by atoms with van der Waals surface area (Å²) in [6.45, 7) is 2.92. The molecular weight excluding hydrogens is 842 g/mol. The molecule has 63 heavy (non-hydrogen) atoms. The lowest BCUT2D eigenvalue weighted by molar-refractivity contribution is 0.164. The lowest BCUT2D eigenvalue weighted by atomic mass is 10.0. The van der Waals surface area contributed by atoms with Crippen LogP contribution < -0.4 is 9.80 Å². The molecule has 0 atom stereocenters. The first kappa shape index (κ1) is 42.2. The van der Waals surface area contributed by atoms with E-state index in [1.807, 2.05) is 24.3 Å². The van der Waals surface area contributed by atoms with Crippen LogP contribution in [0.15, 0.2) is 67.1 Å². The average Bonchev–Trinajstić information content (AvgIpc) is 4.12. The highest BCUT2D eigenvalue weighted by Crippen LogP contribution is 2.38. The summed E-state index contributed by atoms with van der Waals surface area (Å²) < 4.78 is 15.6. The number of aromatic hydroxyl groups is 2.